The average molecular weight is 357 g/mol. The van der Waals surface area contributed by atoms with Gasteiger partial charge in [0, 0.05) is 32.7 Å². The lowest BCUT2D eigenvalue weighted by atomic mass is 10.3. The molecule has 1 aromatic heterocycles. The number of hydrogen-bond acceptors (Lipinski definition) is 5. The first-order valence-electron chi connectivity index (χ1n) is 9.33. The van der Waals surface area contributed by atoms with Crippen LogP contribution in [0.5, 0.6) is 0 Å². The van der Waals surface area contributed by atoms with Gasteiger partial charge in [0.2, 0.25) is 5.91 Å². The van der Waals surface area contributed by atoms with Gasteiger partial charge in [-0.15, -0.1) is 0 Å². The summed E-state index contributed by atoms with van der Waals surface area (Å²) in [5, 5.41) is 2.93. The second-order valence-electron chi connectivity index (χ2n) is 6.65. The van der Waals surface area contributed by atoms with Gasteiger partial charge in [0.1, 0.15) is 6.54 Å². The zero-order valence-electron chi connectivity index (χ0n) is 15.4. The first-order chi connectivity index (χ1) is 12.7. The van der Waals surface area contributed by atoms with Crippen LogP contribution < -0.4 is 10.9 Å². The molecule has 1 N–H and O–H groups in total. The van der Waals surface area contributed by atoms with Crippen LogP contribution in [-0.2, 0) is 11.3 Å². The fraction of sp³-hybridized carbons (Fsp3) is 0.526. The highest BCUT2D eigenvalue weighted by Crippen LogP contribution is 2.07. The van der Waals surface area contributed by atoms with Crippen molar-refractivity contribution in [1.82, 2.24) is 24.7 Å². The van der Waals surface area contributed by atoms with Gasteiger partial charge < -0.3 is 15.1 Å². The second-order valence-corrected chi connectivity index (χ2v) is 6.65. The highest BCUT2D eigenvalue weighted by Gasteiger charge is 2.15. The van der Waals surface area contributed by atoms with Gasteiger partial charge in [-0.2, -0.15) is 0 Å². The zero-order chi connectivity index (χ0) is 18.4. The molecule has 0 atom stereocenters. The molecular weight excluding hydrogens is 330 g/mol. The Hall–Kier alpha value is -2.25. The van der Waals surface area contributed by atoms with Gasteiger partial charge >= 0.3 is 0 Å². The van der Waals surface area contributed by atoms with E-state index in [1.807, 2.05) is 24.3 Å². The van der Waals surface area contributed by atoms with E-state index in [1.54, 1.807) is 0 Å². The average Bonchev–Trinajstić information content (AvgIpc) is 2.68. The molecule has 1 fully saturated rings. The molecule has 0 radical (unpaired) electrons. The summed E-state index contributed by atoms with van der Waals surface area (Å²) < 4.78 is 1.47. The van der Waals surface area contributed by atoms with Crippen LogP contribution in [0, 0.1) is 0 Å². The van der Waals surface area contributed by atoms with Crippen molar-refractivity contribution in [3.05, 3.63) is 40.8 Å². The SMILES string of the molecule is CCN1CCN(CCCNC(=O)Cn2c(=O)cnc3ccccc32)CC1. The highest BCUT2D eigenvalue weighted by molar-refractivity contribution is 5.79. The van der Waals surface area contributed by atoms with Gasteiger partial charge in [-0.3, -0.25) is 14.2 Å². The molecule has 1 saturated heterocycles. The molecule has 0 spiro atoms. The maximum absolute atomic E-state index is 12.2. The van der Waals surface area contributed by atoms with Crippen molar-refractivity contribution in [3.63, 3.8) is 0 Å². The topological polar surface area (TPSA) is 70.5 Å². The van der Waals surface area contributed by atoms with E-state index in [2.05, 4.69) is 27.0 Å². The minimum atomic E-state index is -0.257. The van der Waals surface area contributed by atoms with Gasteiger partial charge in [-0.25, -0.2) is 4.98 Å². The number of carbonyl (C=O) groups is 1. The molecule has 2 heterocycles. The van der Waals surface area contributed by atoms with Gasteiger partial charge in [0.05, 0.1) is 17.2 Å². The number of para-hydroxylation sites is 2. The minimum absolute atomic E-state index is 0.0248. The molecular formula is C19H27N5O2. The monoisotopic (exact) mass is 357 g/mol. The Morgan fingerprint density at radius 1 is 1.15 bits per heavy atom. The summed E-state index contributed by atoms with van der Waals surface area (Å²) >= 11 is 0. The molecule has 140 valence electrons. The molecule has 0 bridgehead atoms. The predicted octanol–water partition coefficient (Wildman–Crippen LogP) is 0.540. The first-order valence-corrected chi connectivity index (χ1v) is 9.33. The number of rotatable bonds is 7. The van der Waals surface area contributed by atoms with Crippen molar-refractivity contribution >= 4 is 16.9 Å². The van der Waals surface area contributed by atoms with E-state index in [0.29, 0.717) is 17.6 Å². The Kier molecular flexibility index (Phi) is 6.35. The Bertz CT molecular complexity index is 796. The number of amides is 1. The van der Waals surface area contributed by atoms with E-state index in [0.717, 1.165) is 45.7 Å². The lowest BCUT2D eigenvalue weighted by molar-refractivity contribution is -0.121. The lowest BCUT2D eigenvalue weighted by Gasteiger charge is -2.33. The largest absolute Gasteiger partial charge is 0.355 e. The van der Waals surface area contributed by atoms with Crippen molar-refractivity contribution in [2.75, 3.05) is 45.8 Å². The smallest absolute Gasteiger partial charge is 0.269 e. The molecule has 0 aliphatic carbocycles. The van der Waals surface area contributed by atoms with Gasteiger partial charge in [0.15, 0.2) is 0 Å². The normalized spacial score (nSPS) is 16.0. The van der Waals surface area contributed by atoms with Crippen LogP contribution in [0.2, 0.25) is 0 Å². The van der Waals surface area contributed by atoms with Crippen LogP contribution >= 0.6 is 0 Å². The molecule has 1 amide bonds. The highest BCUT2D eigenvalue weighted by atomic mass is 16.2. The van der Waals surface area contributed by atoms with Crippen LogP contribution in [0.25, 0.3) is 11.0 Å². The Labute approximate surface area is 153 Å². The van der Waals surface area contributed by atoms with Crippen molar-refractivity contribution in [1.29, 1.82) is 0 Å². The molecule has 0 unspecified atom stereocenters. The van der Waals surface area contributed by atoms with Crippen LogP contribution in [0.15, 0.2) is 35.3 Å². The molecule has 1 aromatic carbocycles. The van der Waals surface area contributed by atoms with Crippen LogP contribution in [0.1, 0.15) is 13.3 Å². The summed E-state index contributed by atoms with van der Waals surface area (Å²) in [7, 11) is 0. The standard InChI is InChI=1S/C19H27N5O2/c1-2-22-10-12-23(13-11-22)9-5-8-20-18(25)15-24-17-7-4-3-6-16(17)21-14-19(24)26/h3-4,6-7,14H,2,5,8-13,15H2,1H3,(H,20,25). The van der Waals surface area contributed by atoms with Crippen molar-refractivity contribution in [2.24, 2.45) is 0 Å². The number of nitrogens with one attached hydrogen (secondary N) is 1. The molecule has 3 rings (SSSR count). The van der Waals surface area contributed by atoms with Crippen LogP contribution in [0.4, 0.5) is 0 Å². The predicted molar refractivity (Wildman–Crippen MR) is 102 cm³/mol. The summed E-state index contributed by atoms with van der Waals surface area (Å²) in [5.74, 6) is -0.140. The molecule has 0 saturated carbocycles. The number of likely N-dealkylation sites (N-methyl/N-ethyl adjacent to an activating group) is 1. The molecule has 1 aliphatic rings. The van der Waals surface area contributed by atoms with Crippen molar-refractivity contribution < 1.29 is 4.79 Å². The van der Waals surface area contributed by atoms with E-state index in [1.165, 1.54) is 10.8 Å². The van der Waals surface area contributed by atoms with E-state index in [-0.39, 0.29) is 18.0 Å². The van der Waals surface area contributed by atoms with Gasteiger partial charge in [0.25, 0.3) is 5.56 Å². The van der Waals surface area contributed by atoms with E-state index in [9.17, 15) is 9.59 Å². The number of aromatic nitrogens is 2. The summed E-state index contributed by atoms with van der Waals surface area (Å²) in [5.41, 5.74) is 1.14. The summed E-state index contributed by atoms with van der Waals surface area (Å²) in [6.07, 6.45) is 2.19. The summed E-state index contributed by atoms with van der Waals surface area (Å²) in [6, 6.07) is 7.36. The lowest BCUT2D eigenvalue weighted by Crippen LogP contribution is -2.46. The Morgan fingerprint density at radius 2 is 1.88 bits per heavy atom. The van der Waals surface area contributed by atoms with Crippen LogP contribution in [-0.4, -0.2) is 71.1 Å². The molecule has 7 heteroatoms. The molecule has 26 heavy (non-hydrogen) atoms. The van der Waals surface area contributed by atoms with Crippen molar-refractivity contribution in [3.8, 4) is 0 Å². The number of carbonyl (C=O) groups excluding carboxylic acids is 1. The molecule has 2 aromatic rings. The summed E-state index contributed by atoms with van der Waals surface area (Å²) in [6.45, 7) is 9.41. The quantitative estimate of drug-likeness (QED) is 0.733. The number of piperazine rings is 1. The molecule has 7 nitrogen and oxygen atoms in total. The van der Waals surface area contributed by atoms with E-state index >= 15 is 0 Å². The fourth-order valence-electron chi connectivity index (χ4n) is 3.34. The Morgan fingerprint density at radius 3 is 2.65 bits per heavy atom. The number of nitrogens with zero attached hydrogens (tertiary/aromatic N) is 4. The second kappa shape index (κ2) is 8.91. The zero-order valence-corrected chi connectivity index (χ0v) is 15.4. The first kappa shape index (κ1) is 18.5. The van der Waals surface area contributed by atoms with E-state index < -0.39 is 0 Å². The number of benzene rings is 1. The van der Waals surface area contributed by atoms with E-state index in [4.69, 9.17) is 0 Å². The fourth-order valence-corrected chi connectivity index (χ4v) is 3.34. The molecule has 1 aliphatic heterocycles. The maximum Gasteiger partial charge on any atom is 0.269 e. The third-order valence-corrected chi connectivity index (χ3v) is 4.94. The number of fused-ring (bicyclic) bond motifs is 1. The van der Waals surface area contributed by atoms with Gasteiger partial charge in [-0.05, 0) is 31.6 Å². The Balaban J connectivity index is 1.45. The van der Waals surface area contributed by atoms with Crippen molar-refractivity contribution in [2.45, 2.75) is 19.9 Å². The maximum atomic E-state index is 12.2. The number of hydrogen-bond donors (Lipinski definition) is 1. The minimum Gasteiger partial charge on any atom is -0.355 e. The van der Waals surface area contributed by atoms with Crippen LogP contribution in [0.3, 0.4) is 0 Å². The van der Waals surface area contributed by atoms with Gasteiger partial charge in [-0.1, -0.05) is 19.1 Å². The summed E-state index contributed by atoms with van der Waals surface area (Å²) in [4.78, 5) is 33.3. The third kappa shape index (κ3) is 4.68. The third-order valence-electron chi connectivity index (χ3n) is 4.94.